The Morgan fingerprint density at radius 2 is 2.00 bits per heavy atom. The molecule has 0 radical (unpaired) electrons. The van der Waals surface area contributed by atoms with E-state index in [-0.39, 0.29) is 5.54 Å². The highest BCUT2D eigenvalue weighted by Crippen LogP contribution is 2.24. The second kappa shape index (κ2) is 6.00. The predicted octanol–water partition coefficient (Wildman–Crippen LogP) is 2.34. The van der Waals surface area contributed by atoms with Crippen LogP contribution in [0.25, 0.3) is 0 Å². The molecule has 102 valence electrons. The van der Waals surface area contributed by atoms with Crippen LogP contribution < -0.4 is 16.2 Å². The van der Waals surface area contributed by atoms with Gasteiger partial charge in [0.1, 0.15) is 17.5 Å². The van der Waals surface area contributed by atoms with Crippen molar-refractivity contribution in [1.29, 1.82) is 0 Å². The van der Waals surface area contributed by atoms with Gasteiger partial charge < -0.3 is 10.3 Å². The number of nitrogens with one attached hydrogen (secondary N) is 1. The summed E-state index contributed by atoms with van der Waals surface area (Å²) in [6.45, 7) is 8.69. The van der Waals surface area contributed by atoms with Gasteiger partial charge in [0.15, 0.2) is 0 Å². The average Bonchev–Trinajstić information content (AvgIpc) is 2.37. The standard InChI is InChI=1S/C13H25N5/c1-6-8-10-15-11(17-14)9-12(16-10)18(5)13(3,4)7-2/h9H,6-8,14H2,1-5H3,(H,15,16,17). The molecule has 1 heterocycles. The molecule has 0 spiro atoms. The fourth-order valence-corrected chi connectivity index (χ4v) is 1.61. The number of nitrogens with zero attached hydrogens (tertiary/aromatic N) is 3. The normalized spacial score (nSPS) is 11.4. The molecule has 1 aromatic heterocycles. The van der Waals surface area contributed by atoms with Crippen LogP contribution in [0.2, 0.25) is 0 Å². The summed E-state index contributed by atoms with van der Waals surface area (Å²) in [5.41, 5.74) is 2.67. The Morgan fingerprint density at radius 3 is 2.50 bits per heavy atom. The molecule has 0 saturated heterocycles. The average molecular weight is 251 g/mol. The zero-order valence-corrected chi connectivity index (χ0v) is 12.1. The number of hydrogen-bond acceptors (Lipinski definition) is 5. The van der Waals surface area contributed by atoms with Gasteiger partial charge in [-0.1, -0.05) is 13.8 Å². The highest BCUT2D eigenvalue weighted by molar-refractivity contribution is 5.50. The summed E-state index contributed by atoms with van der Waals surface area (Å²) in [4.78, 5) is 11.1. The molecule has 0 aromatic carbocycles. The Morgan fingerprint density at radius 1 is 1.33 bits per heavy atom. The van der Waals surface area contributed by atoms with Gasteiger partial charge in [0, 0.05) is 25.1 Å². The molecule has 0 aliphatic heterocycles. The second-order valence-electron chi connectivity index (χ2n) is 5.15. The fourth-order valence-electron chi connectivity index (χ4n) is 1.61. The molecule has 0 atom stereocenters. The molecule has 1 rings (SSSR count). The third kappa shape index (κ3) is 3.32. The van der Waals surface area contributed by atoms with Crippen LogP contribution in [0.3, 0.4) is 0 Å². The van der Waals surface area contributed by atoms with Crippen LogP contribution in [0, 0.1) is 0 Å². The van der Waals surface area contributed by atoms with Gasteiger partial charge in [0.2, 0.25) is 0 Å². The van der Waals surface area contributed by atoms with Gasteiger partial charge in [-0.2, -0.15) is 0 Å². The summed E-state index contributed by atoms with van der Waals surface area (Å²) in [5, 5.41) is 0. The number of aromatic nitrogens is 2. The monoisotopic (exact) mass is 251 g/mol. The maximum Gasteiger partial charge on any atom is 0.145 e. The Kier molecular flexibility index (Phi) is 4.90. The van der Waals surface area contributed by atoms with E-state index in [1.807, 2.05) is 6.07 Å². The first-order valence-electron chi connectivity index (χ1n) is 6.53. The van der Waals surface area contributed by atoms with Gasteiger partial charge in [-0.05, 0) is 26.7 Å². The summed E-state index contributed by atoms with van der Waals surface area (Å²) in [5.74, 6) is 7.88. The molecule has 18 heavy (non-hydrogen) atoms. The van der Waals surface area contributed by atoms with Gasteiger partial charge in [-0.25, -0.2) is 15.8 Å². The number of rotatable bonds is 6. The van der Waals surface area contributed by atoms with Gasteiger partial charge in [0.25, 0.3) is 0 Å². The highest BCUT2D eigenvalue weighted by atomic mass is 15.3. The smallest absolute Gasteiger partial charge is 0.145 e. The number of hydrazine groups is 1. The van der Waals surface area contributed by atoms with Crippen molar-refractivity contribution in [3.05, 3.63) is 11.9 Å². The molecule has 5 heteroatoms. The van der Waals surface area contributed by atoms with Crippen LogP contribution in [0.1, 0.15) is 46.4 Å². The first-order valence-corrected chi connectivity index (χ1v) is 6.53. The summed E-state index contributed by atoms with van der Waals surface area (Å²) in [6.07, 6.45) is 2.93. The van der Waals surface area contributed by atoms with Crippen LogP contribution >= 0.6 is 0 Å². The SMILES string of the molecule is CCCc1nc(NN)cc(N(C)C(C)(C)CC)n1. The van der Waals surface area contributed by atoms with E-state index in [9.17, 15) is 0 Å². The van der Waals surface area contributed by atoms with Gasteiger partial charge in [-0.15, -0.1) is 0 Å². The van der Waals surface area contributed by atoms with Crippen LogP contribution in [0.15, 0.2) is 6.07 Å². The maximum atomic E-state index is 5.47. The molecular weight excluding hydrogens is 226 g/mol. The van der Waals surface area contributed by atoms with E-state index >= 15 is 0 Å². The molecule has 3 N–H and O–H groups in total. The van der Waals surface area contributed by atoms with Crippen LogP contribution in [-0.2, 0) is 6.42 Å². The Balaban J connectivity index is 3.11. The molecule has 1 aromatic rings. The minimum atomic E-state index is 0.0592. The molecular formula is C13H25N5. The molecule has 5 nitrogen and oxygen atoms in total. The zero-order valence-electron chi connectivity index (χ0n) is 12.1. The predicted molar refractivity (Wildman–Crippen MR) is 76.6 cm³/mol. The van der Waals surface area contributed by atoms with E-state index in [1.165, 1.54) is 0 Å². The lowest BCUT2D eigenvalue weighted by atomic mass is 10.00. The summed E-state index contributed by atoms with van der Waals surface area (Å²) >= 11 is 0. The van der Waals surface area contributed by atoms with Crippen LogP contribution in [0.5, 0.6) is 0 Å². The number of aryl methyl sites for hydroxylation is 1. The van der Waals surface area contributed by atoms with Crippen molar-refractivity contribution in [2.24, 2.45) is 5.84 Å². The molecule has 0 fully saturated rings. The van der Waals surface area contributed by atoms with Crippen LogP contribution in [0.4, 0.5) is 11.6 Å². The summed E-state index contributed by atoms with van der Waals surface area (Å²) < 4.78 is 0. The van der Waals surface area contributed by atoms with Crippen LogP contribution in [-0.4, -0.2) is 22.6 Å². The Labute approximate surface area is 110 Å². The van der Waals surface area contributed by atoms with E-state index < -0.39 is 0 Å². The van der Waals surface area contributed by atoms with E-state index in [2.05, 4.69) is 55.0 Å². The lowest BCUT2D eigenvalue weighted by Crippen LogP contribution is -2.41. The lowest BCUT2D eigenvalue weighted by molar-refractivity contribution is 0.466. The first kappa shape index (κ1) is 14.7. The fraction of sp³-hybridized carbons (Fsp3) is 0.692. The molecule has 0 bridgehead atoms. The zero-order chi connectivity index (χ0) is 13.8. The lowest BCUT2D eigenvalue weighted by Gasteiger charge is -2.36. The number of nitrogens with two attached hydrogens (primary N) is 1. The minimum absolute atomic E-state index is 0.0592. The van der Waals surface area contributed by atoms with Crippen molar-refractivity contribution in [1.82, 2.24) is 9.97 Å². The van der Waals surface area contributed by atoms with Crippen molar-refractivity contribution in [2.45, 2.75) is 52.5 Å². The van der Waals surface area contributed by atoms with Crippen molar-refractivity contribution >= 4 is 11.6 Å². The van der Waals surface area contributed by atoms with E-state index in [1.54, 1.807) is 0 Å². The topological polar surface area (TPSA) is 67.1 Å². The van der Waals surface area contributed by atoms with E-state index in [0.29, 0.717) is 5.82 Å². The first-order chi connectivity index (χ1) is 8.44. The molecule has 0 aliphatic rings. The quantitative estimate of drug-likeness (QED) is 0.600. The molecule has 0 amide bonds. The van der Waals surface area contributed by atoms with Gasteiger partial charge in [-0.3, -0.25) is 0 Å². The number of nitrogen functional groups attached to an aromatic ring is 1. The summed E-state index contributed by atoms with van der Waals surface area (Å²) in [6, 6.07) is 1.89. The second-order valence-corrected chi connectivity index (χ2v) is 5.15. The van der Waals surface area contributed by atoms with Gasteiger partial charge >= 0.3 is 0 Å². The van der Waals surface area contributed by atoms with Crippen molar-refractivity contribution in [2.75, 3.05) is 17.4 Å². The third-order valence-electron chi connectivity index (χ3n) is 3.50. The third-order valence-corrected chi connectivity index (χ3v) is 3.50. The minimum Gasteiger partial charge on any atom is -0.354 e. The number of hydrogen-bond donors (Lipinski definition) is 2. The van der Waals surface area contributed by atoms with E-state index in [0.717, 1.165) is 30.9 Å². The van der Waals surface area contributed by atoms with Crippen molar-refractivity contribution in [3.63, 3.8) is 0 Å². The molecule has 0 unspecified atom stereocenters. The molecule has 0 aliphatic carbocycles. The Hall–Kier alpha value is -1.36. The summed E-state index contributed by atoms with van der Waals surface area (Å²) in [7, 11) is 2.06. The molecule has 0 saturated carbocycles. The number of anilines is 2. The largest absolute Gasteiger partial charge is 0.354 e. The Bertz CT molecular complexity index is 389. The van der Waals surface area contributed by atoms with E-state index in [4.69, 9.17) is 5.84 Å². The van der Waals surface area contributed by atoms with Crippen molar-refractivity contribution < 1.29 is 0 Å². The van der Waals surface area contributed by atoms with Gasteiger partial charge in [0.05, 0.1) is 0 Å². The highest BCUT2D eigenvalue weighted by Gasteiger charge is 2.23. The van der Waals surface area contributed by atoms with Crippen molar-refractivity contribution in [3.8, 4) is 0 Å². The maximum absolute atomic E-state index is 5.47.